The van der Waals surface area contributed by atoms with Crippen molar-refractivity contribution in [3.63, 3.8) is 0 Å². The zero-order valence-electron chi connectivity index (χ0n) is 26.1. The van der Waals surface area contributed by atoms with Crippen molar-refractivity contribution in [3.8, 4) is 17.2 Å². The van der Waals surface area contributed by atoms with E-state index in [0.29, 0.717) is 11.3 Å². The van der Waals surface area contributed by atoms with Crippen molar-refractivity contribution in [2.45, 2.75) is 0 Å². The molecule has 2 heteroatoms. The van der Waals surface area contributed by atoms with Gasteiger partial charge >= 0.3 is 0 Å². The summed E-state index contributed by atoms with van der Waals surface area (Å²) in [5, 5.41) is 18.8. The van der Waals surface area contributed by atoms with Crippen LogP contribution in [-0.4, -0.2) is 0 Å². The summed E-state index contributed by atoms with van der Waals surface area (Å²) in [4.78, 5) is 3.54. The van der Waals surface area contributed by atoms with E-state index in [2.05, 4.69) is 132 Å². The van der Waals surface area contributed by atoms with Gasteiger partial charge in [-0.25, -0.2) is 4.85 Å². The summed E-state index contributed by atoms with van der Waals surface area (Å²) in [6, 6.07) is 52.6. The van der Waals surface area contributed by atoms with E-state index < -0.39 is 0 Å². The average molecular weight is 609 g/mol. The molecule has 0 saturated heterocycles. The molecular weight excluding hydrogens is 581 g/mol. The van der Waals surface area contributed by atoms with Gasteiger partial charge in [0.15, 0.2) is 5.69 Å². The summed E-state index contributed by atoms with van der Waals surface area (Å²) in [7, 11) is 0. The van der Waals surface area contributed by atoms with Gasteiger partial charge in [0.2, 0.25) is 0 Å². The Hall–Kier alpha value is -6.74. The number of nitriles is 1. The lowest BCUT2D eigenvalue weighted by Crippen LogP contribution is -1.94. The van der Waals surface area contributed by atoms with E-state index >= 15 is 0 Å². The van der Waals surface area contributed by atoms with Gasteiger partial charge in [0, 0.05) is 0 Å². The Labute approximate surface area is 279 Å². The number of nitrogens with zero attached hydrogens (tertiary/aromatic N) is 2. The van der Waals surface area contributed by atoms with Gasteiger partial charge in [0.1, 0.15) is 0 Å². The summed E-state index contributed by atoms with van der Waals surface area (Å²) >= 11 is 0. The number of fused-ring (bicyclic) bond motifs is 4. The fraction of sp³-hybridized carbons (Fsp3) is 0. The van der Waals surface area contributed by atoms with Gasteiger partial charge in [0.25, 0.3) is 0 Å². The van der Waals surface area contributed by atoms with Crippen LogP contribution in [0.1, 0.15) is 27.8 Å². The van der Waals surface area contributed by atoms with Crippen LogP contribution >= 0.6 is 0 Å². The van der Waals surface area contributed by atoms with Crippen molar-refractivity contribution < 1.29 is 0 Å². The quantitative estimate of drug-likeness (QED) is 0.109. The highest BCUT2D eigenvalue weighted by atomic mass is 14.6. The fourth-order valence-electron chi connectivity index (χ4n) is 6.91. The van der Waals surface area contributed by atoms with Gasteiger partial charge in [-0.1, -0.05) is 158 Å². The third-order valence-electron chi connectivity index (χ3n) is 9.14. The molecule has 0 aliphatic rings. The number of benzene rings is 8. The molecule has 0 radical (unpaired) electrons. The zero-order valence-corrected chi connectivity index (χ0v) is 26.1. The molecule has 8 aromatic rings. The minimum atomic E-state index is 0.641. The average Bonchev–Trinajstić information content (AvgIpc) is 3.16. The van der Waals surface area contributed by atoms with E-state index in [0.717, 1.165) is 11.1 Å². The van der Waals surface area contributed by atoms with E-state index in [1.54, 1.807) is 0 Å². The van der Waals surface area contributed by atoms with Crippen molar-refractivity contribution >= 4 is 73.1 Å². The van der Waals surface area contributed by atoms with Crippen LogP contribution in [0.25, 0.3) is 83.4 Å². The molecule has 0 N–H and O–H groups in total. The Balaban J connectivity index is 1.41. The molecule has 8 rings (SSSR count). The summed E-state index contributed by atoms with van der Waals surface area (Å²) in [5.41, 5.74) is 8.22. The van der Waals surface area contributed by atoms with Crippen molar-refractivity contribution in [1.29, 1.82) is 5.26 Å². The molecule has 8 aromatic carbocycles. The van der Waals surface area contributed by atoms with E-state index in [1.165, 1.54) is 65.3 Å². The molecule has 0 fully saturated rings. The largest absolute Gasteiger partial charge is 0.238 e. The Morgan fingerprint density at radius 1 is 0.417 bits per heavy atom. The lowest BCUT2D eigenvalue weighted by atomic mass is 9.82. The van der Waals surface area contributed by atoms with Gasteiger partial charge < -0.3 is 0 Å². The standard InChI is InChI=1S/C46H28N2/c1-48-34-26-22-32(23-27-34)25-29-40-37-12-4-8-16-43(37)46(44-17-9-5-13-38(40)44)45-41-14-6-2-10-35(41)39(36-11-3-7-15-42(36)45)28-24-31-18-20-33(30-47)21-19-31/h2-29H. The van der Waals surface area contributed by atoms with Crippen LogP contribution in [0.5, 0.6) is 0 Å². The Morgan fingerprint density at radius 3 is 1.08 bits per heavy atom. The lowest BCUT2D eigenvalue weighted by molar-refractivity contribution is 1.48. The monoisotopic (exact) mass is 608 g/mol. The number of hydrogen-bond donors (Lipinski definition) is 0. The molecule has 0 aliphatic carbocycles. The van der Waals surface area contributed by atoms with Crippen LogP contribution in [0.3, 0.4) is 0 Å². The highest BCUT2D eigenvalue weighted by Crippen LogP contribution is 2.47. The fourth-order valence-corrected chi connectivity index (χ4v) is 6.91. The summed E-state index contributed by atoms with van der Waals surface area (Å²) in [5.74, 6) is 0. The first-order valence-corrected chi connectivity index (χ1v) is 15.9. The number of rotatable bonds is 5. The third-order valence-corrected chi connectivity index (χ3v) is 9.14. The lowest BCUT2D eigenvalue weighted by Gasteiger charge is -2.20. The van der Waals surface area contributed by atoms with E-state index in [1.807, 2.05) is 48.5 Å². The van der Waals surface area contributed by atoms with Gasteiger partial charge in [-0.2, -0.15) is 5.26 Å². The molecule has 0 heterocycles. The summed E-state index contributed by atoms with van der Waals surface area (Å²) < 4.78 is 0. The topological polar surface area (TPSA) is 28.1 Å². The molecule has 0 atom stereocenters. The smallest absolute Gasteiger partial charge is 0.187 e. The Morgan fingerprint density at radius 2 is 0.750 bits per heavy atom. The molecule has 0 bridgehead atoms. The molecule has 0 unspecified atom stereocenters. The molecule has 0 aromatic heterocycles. The van der Waals surface area contributed by atoms with E-state index in [9.17, 15) is 5.26 Å². The van der Waals surface area contributed by atoms with Crippen molar-refractivity contribution in [2.75, 3.05) is 0 Å². The minimum absolute atomic E-state index is 0.641. The van der Waals surface area contributed by atoms with Gasteiger partial charge in [-0.3, -0.25) is 0 Å². The van der Waals surface area contributed by atoms with Crippen LogP contribution in [0.2, 0.25) is 0 Å². The van der Waals surface area contributed by atoms with Crippen molar-refractivity contribution in [1.82, 2.24) is 0 Å². The second-order valence-electron chi connectivity index (χ2n) is 11.9. The van der Waals surface area contributed by atoms with Crippen molar-refractivity contribution in [3.05, 3.63) is 185 Å². The van der Waals surface area contributed by atoms with E-state index in [4.69, 9.17) is 6.57 Å². The first-order chi connectivity index (χ1) is 23.7. The molecule has 222 valence electrons. The summed E-state index contributed by atoms with van der Waals surface area (Å²) in [6.07, 6.45) is 8.71. The van der Waals surface area contributed by atoms with E-state index in [-0.39, 0.29) is 0 Å². The van der Waals surface area contributed by atoms with Crippen LogP contribution in [0.4, 0.5) is 5.69 Å². The summed E-state index contributed by atoms with van der Waals surface area (Å²) in [6.45, 7) is 7.30. The van der Waals surface area contributed by atoms with Crippen LogP contribution in [-0.2, 0) is 0 Å². The highest BCUT2D eigenvalue weighted by molar-refractivity contribution is 6.27. The molecule has 0 spiro atoms. The second-order valence-corrected chi connectivity index (χ2v) is 11.9. The zero-order chi connectivity index (χ0) is 32.5. The molecule has 0 amide bonds. The molecule has 0 saturated carbocycles. The minimum Gasteiger partial charge on any atom is -0.238 e. The predicted octanol–water partition coefficient (Wildman–Crippen LogP) is 12.7. The van der Waals surface area contributed by atoms with Crippen LogP contribution in [0, 0.1) is 17.9 Å². The SMILES string of the molecule is [C-]#[N+]c1ccc(C=Cc2c3ccccc3c(-c3c4ccccc4c(C=Cc4ccc(C#N)cc4)c4ccccc34)c3ccccc23)cc1. The first kappa shape index (κ1) is 28.7. The predicted molar refractivity (Wildman–Crippen MR) is 204 cm³/mol. The maximum absolute atomic E-state index is 9.25. The normalized spacial score (nSPS) is 11.5. The van der Waals surface area contributed by atoms with Crippen LogP contribution in [0.15, 0.2) is 146 Å². The molecule has 48 heavy (non-hydrogen) atoms. The highest BCUT2D eigenvalue weighted by Gasteiger charge is 2.20. The Kier molecular flexibility index (Phi) is 7.31. The second kappa shape index (κ2) is 12.2. The molecular formula is C46H28N2. The third kappa shape index (κ3) is 5.00. The van der Waals surface area contributed by atoms with Crippen LogP contribution < -0.4 is 0 Å². The maximum Gasteiger partial charge on any atom is 0.187 e. The van der Waals surface area contributed by atoms with Crippen molar-refractivity contribution in [2.24, 2.45) is 0 Å². The van der Waals surface area contributed by atoms with Gasteiger partial charge in [-0.05, 0) is 88.6 Å². The Bertz CT molecular complexity index is 2360. The maximum atomic E-state index is 9.25. The van der Waals surface area contributed by atoms with Gasteiger partial charge in [0.05, 0.1) is 18.2 Å². The number of hydrogen-bond acceptors (Lipinski definition) is 1. The first-order valence-electron chi connectivity index (χ1n) is 15.9. The molecule has 0 aliphatic heterocycles. The molecule has 2 nitrogen and oxygen atoms in total. The van der Waals surface area contributed by atoms with Gasteiger partial charge in [-0.15, -0.1) is 0 Å².